The number of hydrogen-bond donors (Lipinski definition) is 0. The second-order valence-corrected chi connectivity index (χ2v) is 13.2. The Morgan fingerprint density at radius 1 is 0.795 bits per heavy atom. The molecule has 0 amide bonds. The molecule has 2 aliphatic heterocycles. The van der Waals surface area contributed by atoms with E-state index in [1.54, 1.807) is 14.2 Å². The fourth-order valence-corrected chi connectivity index (χ4v) is 8.04. The Morgan fingerprint density at radius 3 is 1.98 bits per heavy atom. The highest BCUT2D eigenvalue weighted by Gasteiger charge is 2.55. The minimum atomic E-state index is -0.978. The van der Waals surface area contributed by atoms with Crippen molar-refractivity contribution in [2.45, 2.75) is 24.7 Å². The third-order valence-electron chi connectivity index (χ3n) is 9.23. The van der Waals surface area contributed by atoms with Gasteiger partial charge in [0.1, 0.15) is 11.8 Å². The molecule has 0 radical (unpaired) electrons. The van der Waals surface area contributed by atoms with Gasteiger partial charge in [-0.05, 0) is 83.1 Å². The van der Waals surface area contributed by atoms with Gasteiger partial charge >= 0.3 is 0 Å². The van der Waals surface area contributed by atoms with Gasteiger partial charge in [-0.25, -0.2) is 0 Å². The second kappa shape index (κ2) is 10.7. The summed E-state index contributed by atoms with van der Waals surface area (Å²) in [4.78, 5) is 2.04. The van der Waals surface area contributed by atoms with E-state index in [4.69, 9.17) is 9.47 Å². The van der Waals surface area contributed by atoms with Gasteiger partial charge in [0.2, 0.25) is 0 Å². The first-order valence-electron chi connectivity index (χ1n) is 14.3. The van der Waals surface area contributed by atoms with Crippen molar-refractivity contribution in [2.24, 2.45) is 0 Å². The standard InChI is InChI=1S/C37H27Br2N3O2/c1-21-4-6-22(7-5-21)29-18-33-28-17-36(44-3)35(43-2)14-23(28)12-13-42(33)34(20-41)32(19-40)37(29)30-15-24(38)8-10-26(30)27-11-9-25(39)16-31(27)37/h4-11,14-18,29H,12-13H2,1-3H3. The molecule has 5 nitrogen and oxygen atoms in total. The maximum atomic E-state index is 11.2. The average molecular weight is 705 g/mol. The quantitative estimate of drug-likeness (QED) is 0.213. The van der Waals surface area contributed by atoms with Crippen LogP contribution in [-0.2, 0) is 11.8 Å². The fraction of sp³-hybridized carbons (Fsp3) is 0.189. The lowest BCUT2D eigenvalue weighted by molar-refractivity contribution is 0.353. The first-order valence-corrected chi connectivity index (χ1v) is 15.9. The first kappa shape index (κ1) is 28.5. The molecule has 1 aliphatic carbocycles. The first-order chi connectivity index (χ1) is 21.3. The van der Waals surface area contributed by atoms with Gasteiger partial charge in [0, 0.05) is 32.7 Å². The van der Waals surface area contributed by atoms with Crippen LogP contribution in [0.4, 0.5) is 0 Å². The number of fused-ring (bicyclic) bond motifs is 8. The highest BCUT2D eigenvalue weighted by Crippen LogP contribution is 2.63. The van der Waals surface area contributed by atoms with E-state index in [1.165, 1.54) is 0 Å². The molecule has 216 valence electrons. The third-order valence-corrected chi connectivity index (χ3v) is 10.2. The van der Waals surface area contributed by atoms with Crippen LogP contribution in [0, 0.1) is 29.6 Å². The molecule has 4 aromatic rings. The number of nitriles is 2. The molecule has 2 heterocycles. The zero-order chi connectivity index (χ0) is 30.7. The smallest absolute Gasteiger partial charge is 0.161 e. The molecule has 0 fully saturated rings. The van der Waals surface area contributed by atoms with E-state index < -0.39 is 5.41 Å². The fourth-order valence-electron chi connectivity index (χ4n) is 7.32. The summed E-state index contributed by atoms with van der Waals surface area (Å²) in [6.45, 7) is 2.63. The summed E-state index contributed by atoms with van der Waals surface area (Å²) in [7, 11) is 3.27. The van der Waals surface area contributed by atoms with Crippen LogP contribution in [0.15, 0.2) is 99.1 Å². The Balaban J connectivity index is 1.67. The Bertz CT molecular complexity index is 1960. The van der Waals surface area contributed by atoms with Crippen LogP contribution in [0.5, 0.6) is 11.5 Å². The van der Waals surface area contributed by atoms with Crippen molar-refractivity contribution in [2.75, 3.05) is 20.8 Å². The van der Waals surface area contributed by atoms with Gasteiger partial charge in [0.25, 0.3) is 0 Å². The van der Waals surface area contributed by atoms with Crippen LogP contribution < -0.4 is 9.47 Å². The maximum Gasteiger partial charge on any atom is 0.161 e. The van der Waals surface area contributed by atoms with Gasteiger partial charge in [-0.1, -0.05) is 79.9 Å². The minimum Gasteiger partial charge on any atom is -0.493 e. The number of methoxy groups -OCH3 is 2. The van der Waals surface area contributed by atoms with Crippen LogP contribution in [0.1, 0.15) is 39.3 Å². The minimum absolute atomic E-state index is 0.330. The zero-order valence-electron chi connectivity index (χ0n) is 24.4. The number of rotatable bonds is 3. The van der Waals surface area contributed by atoms with E-state index in [2.05, 4.69) is 106 Å². The molecule has 1 unspecified atom stereocenters. The summed E-state index contributed by atoms with van der Waals surface area (Å²) in [6, 6.07) is 30.3. The van der Waals surface area contributed by atoms with Crippen molar-refractivity contribution in [1.82, 2.24) is 4.90 Å². The summed E-state index contributed by atoms with van der Waals surface area (Å²) >= 11 is 7.48. The number of allylic oxidation sites excluding steroid dienone is 3. The van der Waals surface area contributed by atoms with Crippen molar-refractivity contribution in [3.8, 4) is 34.8 Å². The third kappa shape index (κ3) is 4.00. The lowest BCUT2D eigenvalue weighted by Crippen LogP contribution is -2.35. The number of halogens is 2. The normalized spacial score (nSPS) is 17.4. The number of hydrogen-bond acceptors (Lipinski definition) is 5. The molecule has 7 heteroatoms. The molecule has 0 aromatic heterocycles. The Hall–Kier alpha value is -4.30. The number of ether oxygens (including phenoxy) is 2. The number of benzene rings is 4. The molecule has 1 atom stereocenters. The SMILES string of the molecule is COc1cc2c(cc1OC)C1=CC(c3ccc(C)cc3)C3(C(C#N)=C(C#N)N1CC2)c1cc(Br)ccc1-c1ccc(Br)cc13. The predicted octanol–water partition coefficient (Wildman–Crippen LogP) is 8.80. The molecular weight excluding hydrogens is 678 g/mol. The van der Waals surface area contributed by atoms with Gasteiger partial charge in [-0.2, -0.15) is 10.5 Å². The summed E-state index contributed by atoms with van der Waals surface area (Å²) in [5.74, 6) is 0.957. The van der Waals surface area contributed by atoms with E-state index in [9.17, 15) is 10.5 Å². The monoisotopic (exact) mass is 703 g/mol. The Kier molecular flexibility index (Phi) is 6.92. The molecular formula is C37H27Br2N3O2. The van der Waals surface area contributed by atoms with Crippen molar-refractivity contribution >= 4 is 37.6 Å². The summed E-state index contributed by atoms with van der Waals surface area (Å²) in [6.07, 6.45) is 2.96. The molecule has 1 spiro atoms. The van der Waals surface area contributed by atoms with Gasteiger partial charge < -0.3 is 14.4 Å². The van der Waals surface area contributed by atoms with Crippen LogP contribution in [0.2, 0.25) is 0 Å². The van der Waals surface area contributed by atoms with Crippen molar-refractivity contribution in [3.05, 3.63) is 132 Å². The summed E-state index contributed by atoms with van der Waals surface area (Å²) in [5.41, 5.74) is 9.12. The molecule has 0 saturated heterocycles. The van der Waals surface area contributed by atoms with E-state index in [1.807, 2.05) is 29.2 Å². The van der Waals surface area contributed by atoms with Crippen LogP contribution >= 0.6 is 31.9 Å². The van der Waals surface area contributed by atoms with Crippen LogP contribution in [-0.4, -0.2) is 25.7 Å². The van der Waals surface area contributed by atoms with Crippen LogP contribution in [0.25, 0.3) is 16.8 Å². The van der Waals surface area contributed by atoms with E-state index in [0.717, 1.165) is 59.2 Å². The average Bonchev–Trinajstić information content (AvgIpc) is 3.22. The highest BCUT2D eigenvalue weighted by atomic mass is 79.9. The van der Waals surface area contributed by atoms with Gasteiger partial charge in [-0.3, -0.25) is 0 Å². The molecule has 44 heavy (non-hydrogen) atoms. The van der Waals surface area contributed by atoms with Gasteiger partial charge in [0.15, 0.2) is 11.5 Å². The Morgan fingerprint density at radius 2 is 1.41 bits per heavy atom. The van der Waals surface area contributed by atoms with E-state index >= 15 is 0 Å². The van der Waals surface area contributed by atoms with Gasteiger partial charge in [0.05, 0.1) is 31.3 Å². The van der Waals surface area contributed by atoms with Crippen molar-refractivity contribution in [1.29, 1.82) is 10.5 Å². The highest BCUT2D eigenvalue weighted by molar-refractivity contribution is 9.10. The topological polar surface area (TPSA) is 69.3 Å². The molecule has 7 rings (SSSR count). The lowest BCUT2D eigenvalue weighted by Gasteiger charge is -2.38. The molecule has 4 aromatic carbocycles. The molecule has 3 aliphatic rings. The maximum absolute atomic E-state index is 11.2. The van der Waals surface area contributed by atoms with Crippen molar-refractivity contribution < 1.29 is 9.47 Å². The van der Waals surface area contributed by atoms with Gasteiger partial charge in [-0.15, -0.1) is 0 Å². The lowest BCUT2D eigenvalue weighted by atomic mass is 9.61. The Labute approximate surface area is 273 Å². The second-order valence-electron chi connectivity index (χ2n) is 11.3. The predicted molar refractivity (Wildman–Crippen MR) is 178 cm³/mol. The number of aryl methyl sites for hydroxylation is 1. The molecule has 0 saturated carbocycles. The molecule has 0 N–H and O–H groups in total. The van der Waals surface area contributed by atoms with E-state index in [0.29, 0.717) is 35.7 Å². The summed E-state index contributed by atoms with van der Waals surface area (Å²) < 4.78 is 13.2. The van der Waals surface area contributed by atoms with E-state index in [-0.39, 0.29) is 5.92 Å². The largest absolute Gasteiger partial charge is 0.493 e. The summed E-state index contributed by atoms with van der Waals surface area (Å²) in [5, 5.41) is 22.1. The zero-order valence-corrected chi connectivity index (χ0v) is 27.6. The number of nitrogens with zero attached hydrogens (tertiary/aromatic N) is 3. The molecule has 0 bridgehead atoms. The van der Waals surface area contributed by atoms with Crippen LogP contribution in [0.3, 0.4) is 0 Å². The van der Waals surface area contributed by atoms with Crippen molar-refractivity contribution in [3.63, 3.8) is 0 Å².